The number of anilines is 3. The first-order valence-electron chi connectivity index (χ1n) is 29.0. The number of carboxylic acid groups (broad SMARTS) is 1. The number of alkyl halides is 3. The second kappa shape index (κ2) is 37.6. The molecule has 2 aromatic carbocycles. The van der Waals surface area contributed by atoms with E-state index in [9.17, 15) is 77.9 Å². The van der Waals surface area contributed by atoms with Crippen LogP contribution in [0.15, 0.2) is 121 Å². The molecule has 0 amide bonds. The quantitative estimate of drug-likeness (QED) is 0.0149. The fraction of sp³-hybridized carbons (Fsp3) is 0.464. The van der Waals surface area contributed by atoms with Crippen LogP contribution in [0.4, 0.5) is 30.6 Å². The molecule has 0 spiro atoms. The predicted octanol–water partition coefficient (Wildman–Crippen LogP) is 2.55. The van der Waals surface area contributed by atoms with E-state index >= 15 is 4.39 Å². The predicted molar refractivity (Wildman–Crippen MR) is 344 cm³/mol. The standard InChI is InChI=1S/C27H24ClFN6O8.C13H17FN6O6.C12H15FN6O6.C4H9NO2.ClH/c1-15(23(36)40-2)31-19-11-12-35(26(39)32-19)22-20(29)21(42-25(38)16-7-4-3-5-8-16)27(43-22,33-34-30)14-41-24(37)17-9-6-10-18(28)13-17;1-6(11(23)25-2)16-7-3-4-20(12(24)17-7)10-8(14)9(22)13(5-21,26-10)18-19-15;1-5(10(22)23)15-6-2-3-19(11(24)16-6)9-7(13)8(21)12(4-20,25-9)17-18-14;1-3(5)4(6)7-2;/h3-13,15,20-22H,14H2,1-2H3,(H,31,32,39);3-4,6,8-10,21-22H,5H2,1-2H3,(H,16,17,24);2-3,5,7-9,20-21H,4H2,1H3,(H,22,23)(H,15,16,24);3H,5H2,1-2H3;1H/t15?,20-,21?,22?,27+;6?,8-,9?,10?,13+;5?,7-,8?,9?,12+;;/m000../s1. The van der Waals surface area contributed by atoms with Crippen LogP contribution in [0.2, 0.25) is 5.02 Å². The minimum atomic E-state index is -2.45. The molecule has 102 heavy (non-hydrogen) atoms. The fourth-order valence-corrected chi connectivity index (χ4v) is 9.23. The van der Waals surface area contributed by atoms with E-state index in [0.717, 1.165) is 27.7 Å². The van der Waals surface area contributed by atoms with Crippen molar-refractivity contribution in [1.29, 1.82) is 0 Å². The van der Waals surface area contributed by atoms with E-state index in [0.29, 0.717) is 4.57 Å². The van der Waals surface area contributed by atoms with Crippen molar-refractivity contribution in [3.8, 4) is 0 Å². The highest BCUT2D eigenvalue weighted by molar-refractivity contribution is 6.30. The van der Waals surface area contributed by atoms with Crippen LogP contribution in [0, 0.1) is 0 Å². The summed E-state index contributed by atoms with van der Waals surface area (Å²) < 4.78 is 87.1. The maximum absolute atomic E-state index is 16.2. The van der Waals surface area contributed by atoms with Gasteiger partial charge in [0.25, 0.3) is 0 Å². The summed E-state index contributed by atoms with van der Waals surface area (Å²) in [6.45, 7) is 2.96. The molecule has 5 aromatic rings. The summed E-state index contributed by atoms with van der Waals surface area (Å²) in [6, 6.07) is 13.9. The van der Waals surface area contributed by atoms with Crippen molar-refractivity contribution in [2.75, 3.05) is 57.1 Å². The summed E-state index contributed by atoms with van der Waals surface area (Å²) in [5.41, 5.74) is 21.6. The van der Waals surface area contributed by atoms with Crippen LogP contribution in [0.25, 0.3) is 31.3 Å². The Kier molecular flexibility index (Phi) is 30.9. The largest absolute Gasteiger partial charge is 0.480 e. The number of carbonyl (C=O) groups excluding carboxylic acids is 5. The van der Waals surface area contributed by atoms with Gasteiger partial charge in [-0.2, -0.15) is 15.0 Å². The van der Waals surface area contributed by atoms with Gasteiger partial charge in [-0.1, -0.05) is 51.2 Å². The lowest BCUT2D eigenvalue weighted by atomic mass is 10.1. The highest BCUT2D eigenvalue weighted by atomic mass is 35.5. The van der Waals surface area contributed by atoms with Gasteiger partial charge in [0.15, 0.2) is 43.3 Å². The van der Waals surface area contributed by atoms with Gasteiger partial charge < -0.3 is 85.1 Å². The first-order chi connectivity index (χ1) is 47.8. The minimum absolute atomic E-state index is 0. The number of aliphatic hydroxyl groups is 4. The molecule has 0 bridgehead atoms. The van der Waals surface area contributed by atoms with Gasteiger partial charge in [0, 0.05) is 38.3 Å². The number of benzene rings is 2. The number of hydrogen-bond acceptors (Lipinski definition) is 31. The van der Waals surface area contributed by atoms with Gasteiger partial charge in [0.05, 0.1) is 45.7 Å². The normalized spacial score (nSPS) is 24.6. The number of esters is 5. The Morgan fingerprint density at radius 2 is 0.990 bits per heavy atom. The zero-order valence-corrected chi connectivity index (χ0v) is 55.7. The molecule has 0 radical (unpaired) electrons. The molecule has 0 aliphatic carbocycles. The lowest BCUT2D eigenvalue weighted by Crippen LogP contribution is -2.47. The van der Waals surface area contributed by atoms with Crippen LogP contribution < -0.4 is 38.8 Å². The number of carboxylic acids is 1. The molecule has 16 atom stereocenters. The van der Waals surface area contributed by atoms with Crippen LogP contribution in [0.5, 0.6) is 0 Å². The summed E-state index contributed by atoms with van der Waals surface area (Å²) in [4.78, 5) is 125. The van der Waals surface area contributed by atoms with Crippen LogP contribution >= 0.6 is 24.0 Å². The SMILES string of the molecule is CC(Nc1ccn(C2O[C@@](CO)(N=[N+]=[N-])C(O)[C@@H]2F)c(=O)n1)C(=O)O.COC(=O)C(C)N.COC(=O)C(C)Nc1ccn(C2O[C@@](CO)(N=[N+]=[N-])C(O)[C@@H]2F)c(=O)n1.COC(=O)C(C)Nc1ccn(C2O[C@@](COC(=O)c3cccc(Cl)c3)(N=[N+]=[N-])C(OC(=O)c3ccccc3)[C@@H]2F)c(=O)n1.Cl. The van der Waals surface area contributed by atoms with Gasteiger partial charge in [-0.05, 0) is 92.8 Å². The van der Waals surface area contributed by atoms with Crippen molar-refractivity contribution < 1.29 is 105 Å². The molecular formula is C56H66Cl2F3N19O22. The lowest BCUT2D eigenvalue weighted by molar-refractivity contribution is -0.142. The van der Waals surface area contributed by atoms with Crippen LogP contribution in [-0.4, -0.2) is 209 Å². The molecule has 10 unspecified atom stereocenters. The Balaban J connectivity index is 0.000000323. The Morgan fingerprint density at radius 1 is 0.608 bits per heavy atom. The van der Waals surface area contributed by atoms with Crippen molar-refractivity contribution in [2.24, 2.45) is 21.1 Å². The smallest absolute Gasteiger partial charge is 0.351 e. The number of nitrogens with two attached hydrogens (primary N) is 1. The number of ether oxygens (including phenoxy) is 8. The van der Waals surface area contributed by atoms with Crippen LogP contribution in [0.3, 0.4) is 0 Å². The van der Waals surface area contributed by atoms with Crippen molar-refractivity contribution in [3.63, 3.8) is 0 Å². The van der Waals surface area contributed by atoms with Gasteiger partial charge in [0.2, 0.25) is 17.2 Å². The van der Waals surface area contributed by atoms with E-state index < -0.39 is 164 Å². The number of aliphatic hydroxyl groups excluding tert-OH is 4. The molecule has 3 fully saturated rings. The van der Waals surface area contributed by atoms with Crippen LogP contribution in [0.1, 0.15) is 67.1 Å². The molecule has 8 rings (SSSR count). The minimum Gasteiger partial charge on any atom is -0.480 e. The zero-order valence-electron chi connectivity index (χ0n) is 54.2. The molecule has 3 aliphatic heterocycles. The Hall–Kier alpha value is -10.7. The molecule has 3 aliphatic rings. The molecule has 0 saturated carbocycles. The third-order valence-electron chi connectivity index (χ3n) is 14.3. The number of carbonyl (C=O) groups is 6. The molecule has 3 aromatic heterocycles. The van der Waals surface area contributed by atoms with Gasteiger partial charge >= 0.3 is 52.9 Å². The molecule has 41 nitrogen and oxygen atoms in total. The first kappa shape index (κ1) is 83.7. The Labute approximate surface area is 582 Å². The lowest BCUT2D eigenvalue weighted by Gasteiger charge is -2.28. The summed E-state index contributed by atoms with van der Waals surface area (Å²) in [5, 5.41) is 64.9. The Bertz CT molecular complexity index is 4120. The van der Waals surface area contributed by atoms with Crippen molar-refractivity contribution in [1.82, 2.24) is 28.7 Å². The summed E-state index contributed by atoms with van der Waals surface area (Å²) in [7, 11) is 3.70. The second-order valence-corrected chi connectivity index (χ2v) is 21.7. The maximum Gasteiger partial charge on any atom is 0.351 e. The topological polar surface area (TPSA) is 590 Å². The van der Waals surface area contributed by atoms with Gasteiger partial charge in [-0.15, -0.1) is 12.4 Å². The molecule has 46 heteroatoms. The summed E-state index contributed by atoms with van der Waals surface area (Å²) >= 11 is 5.94. The highest BCUT2D eigenvalue weighted by Crippen LogP contribution is 2.44. The van der Waals surface area contributed by atoms with Crippen LogP contribution in [-0.2, 0) is 57.1 Å². The van der Waals surface area contributed by atoms with Crippen molar-refractivity contribution in [2.45, 2.75) is 125 Å². The number of halogens is 5. The van der Waals surface area contributed by atoms with E-state index in [1.807, 2.05) is 0 Å². The molecule has 552 valence electrons. The van der Waals surface area contributed by atoms with Gasteiger partial charge in [0.1, 0.15) is 60.4 Å². The van der Waals surface area contributed by atoms with E-state index in [4.69, 9.17) is 57.2 Å². The Morgan fingerprint density at radius 3 is 1.34 bits per heavy atom. The number of methoxy groups -OCH3 is 3. The average Bonchev–Trinajstić information content (AvgIpc) is 1.63. The van der Waals surface area contributed by atoms with E-state index in [1.54, 1.807) is 25.1 Å². The van der Waals surface area contributed by atoms with Gasteiger partial charge in [-0.3, -0.25) is 23.3 Å². The second-order valence-electron chi connectivity index (χ2n) is 21.2. The number of hydrogen-bond donors (Lipinski definition) is 9. The van der Waals surface area contributed by atoms with E-state index in [2.05, 4.69) is 75.2 Å². The number of aromatic nitrogens is 6. The van der Waals surface area contributed by atoms with Crippen molar-refractivity contribution in [3.05, 3.63) is 170 Å². The highest BCUT2D eigenvalue weighted by Gasteiger charge is 2.61. The van der Waals surface area contributed by atoms with Gasteiger partial charge in [-0.25, -0.2) is 46.7 Å². The number of rotatable bonds is 23. The average molecular weight is 1490 g/mol. The van der Waals surface area contributed by atoms with Crippen molar-refractivity contribution >= 4 is 77.3 Å². The van der Waals surface area contributed by atoms with E-state index in [1.165, 1.54) is 96.7 Å². The molecule has 10 N–H and O–H groups in total. The first-order valence-corrected chi connectivity index (χ1v) is 29.4. The third-order valence-corrected chi connectivity index (χ3v) is 14.6. The molecular weight excluding hydrogens is 1420 g/mol. The maximum atomic E-state index is 16.2. The summed E-state index contributed by atoms with van der Waals surface area (Å²) in [6.07, 6.45) is -14.6. The molecule has 3 saturated heterocycles. The number of azide groups is 3. The summed E-state index contributed by atoms with van der Waals surface area (Å²) in [5.74, 6) is -4.74. The fourth-order valence-electron chi connectivity index (χ4n) is 9.04. The van der Waals surface area contributed by atoms with E-state index in [-0.39, 0.29) is 52.0 Å². The number of nitrogens with one attached hydrogen (secondary N) is 3. The monoisotopic (exact) mass is 1480 g/mol. The molecule has 6 heterocycles. The number of nitrogens with zero attached hydrogens (tertiary/aromatic N) is 15. The number of aliphatic carboxylic acids is 1. The zero-order chi connectivity index (χ0) is 75.3. The third kappa shape index (κ3) is 20.3.